The molecule has 0 unspecified atom stereocenters. The highest BCUT2D eigenvalue weighted by Gasteiger charge is 2.24. The normalized spacial score (nSPS) is 16.8. The number of ether oxygens (including phenoxy) is 1. The van der Waals surface area contributed by atoms with Crippen molar-refractivity contribution in [3.8, 4) is 0 Å². The molecule has 5 nitrogen and oxygen atoms in total. The monoisotopic (exact) mass is 356 g/mol. The Morgan fingerprint density at radius 1 is 1.20 bits per heavy atom. The van der Waals surface area contributed by atoms with E-state index in [0.717, 1.165) is 37.3 Å². The predicted octanol–water partition coefficient (Wildman–Crippen LogP) is 3.30. The van der Waals surface area contributed by atoms with Crippen LogP contribution >= 0.6 is 11.3 Å². The van der Waals surface area contributed by atoms with Gasteiger partial charge in [0.05, 0.1) is 19.3 Å². The van der Waals surface area contributed by atoms with Crippen molar-refractivity contribution < 1.29 is 13.9 Å². The molecule has 0 aliphatic carbocycles. The van der Waals surface area contributed by atoms with Gasteiger partial charge in [-0.25, -0.2) is 0 Å². The molecule has 25 heavy (non-hydrogen) atoms. The van der Waals surface area contributed by atoms with Crippen LogP contribution in [0.4, 0.5) is 0 Å². The molecular formula is C19H20N2O3S. The molecule has 1 fully saturated rings. The largest absolute Gasteiger partial charge is 0.451 e. The zero-order chi connectivity index (χ0) is 17.1. The molecular weight excluding hydrogens is 336 g/mol. The molecule has 1 aliphatic rings. The summed E-state index contributed by atoms with van der Waals surface area (Å²) in [6, 6.07) is 13.8. The molecule has 0 bridgehead atoms. The number of rotatable bonds is 5. The van der Waals surface area contributed by atoms with Gasteiger partial charge in [-0.3, -0.25) is 9.69 Å². The van der Waals surface area contributed by atoms with Crippen LogP contribution in [0.2, 0.25) is 0 Å². The Labute approximate surface area is 150 Å². The Morgan fingerprint density at radius 3 is 2.80 bits per heavy atom. The van der Waals surface area contributed by atoms with Crippen LogP contribution in [-0.2, 0) is 4.74 Å². The lowest BCUT2D eigenvalue weighted by atomic mass is 10.2. The minimum absolute atomic E-state index is 0.164. The van der Waals surface area contributed by atoms with Gasteiger partial charge in [-0.05, 0) is 23.6 Å². The molecule has 1 N–H and O–H groups in total. The van der Waals surface area contributed by atoms with Crippen molar-refractivity contribution in [1.82, 2.24) is 10.2 Å². The zero-order valence-electron chi connectivity index (χ0n) is 13.8. The Balaban J connectivity index is 1.47. The van der Waals surface area contributed by atoms with Gasteiger partial charge in [-0.1, -0.05) is 24.3 Å². The molecule has 1 aliphatic heterocycles. The van der Waals surface area contributed by atoms with Crippen LogP contribution in [0.15, 0.2) is 52.3 Å². The summed E-state index contributed by atoms with van der Waals surface area (Å²) in [6.07, 6.45) is 0. The van der Waals surface area contributed by atoms with E-state index < -0.39 is 0 Å². The smallest absolute Gasteiger partial charge is 0.287 e. The van der Waals surface area contributed by atoms with Crippen LogP contribution in [0.25, 0.3) is 11.0 Å². The van der Waals surface area contributed by atoms with Gasteiger partial charge in [-0.15, -0.1) is 11.3 Å². The molecule has 1 aromatic carbocycles. The van der Waals surface area contributed by atoms with Crippen molar-refractivity contribution >= 4 is 28.2 Å². The third-order valence-corrected chi connectivity index (χ3v) is 5.44. The molecule has 2 aromatic heterocycles. The van der Waals surface area contributed by atoms with E-state index in [1.807, 2.05) is 24.3 Å². The third-order valence-electron chi connectivity index (χ3n) is 4.46. The van der Waals surface area contributed by atoms with Crippen molar-refractivity contribution in [2.24, 2.45) is 0 Å². The number of carbonyl (C=O) groups excluding carboxylic acids is 1. The van der Waals surface area contributed by atoms with E-state index in [-0.39, 0.29) is 11.9 Å². The van der Waals surface area contributed by atoms with Gasteiger partial charge >= 0.3 is 0 Å². The number of nitrogens with one attached hydrogen (secondary N) is 1. The first-order valence-electron chi connectivity index (χ1n) is 8.43. The van der Waals surface area contributed by atoms with E-state index in [1.165, 1.54) is 4.88 Å². The number of amides is 1. The molecule has 1 saturated heterocycles. The molecule has 3 heterocycles. The molecule has 6 heteroatoms. The molecule has 0 saturated carbocycles. The topological polar surface area (TPSA) is 54.7 Å². The molecule has 0 spiro atoms. The van der Waals surface area contributed by atoms with Crippen molar-refractivity contribution in [1.29, 1.82) is 0 Å². The van der Waals surface area contributed by atoms with Crippen molar-refractivity contribution in [2.45, 2.75) is 6.04 Å². The maximum absolute atomic E-state index is 12.5. The van der Waals surface area contributed by atoms with Gasteiger partial charge in [0, 0.05) is 29.9 Å². The predicted molar refractivity (Wildman–Crippen MR) is 98.0 cm³/mol. The summed E-state index contributed by atoms with van der Waals surface area (Å²) in [7, 11) is 0. The minimum atomic E-state index is -0.175. The number of morpholine rings is 1. The lowest BCUT2D eigenvalue weighted by Crippen LogP contribution is -2.43. The van der Waals surface area contributed by atoms with Gasteiger partial charge in [0.25, 0.3) is 5.91 Å². The van der Waals surface area contributed by atoms with E-state index in [2.05, 4.69) is 27.7 Å². The summed E-state index contributed by atoms with van der Waals surface area (Å²) in [6.45, 7) is 3.78. The number of hydrogen-bond donors (Lipinski definition) is 1. The van der Waals surface area contributed by atoms with E-state index in [0.29, 0.717) is 12.3 Å². The molecule has 3 aromatic rings. The van der Waals surface area contributed by atoms with Gasteiger partial charge < -0.3 is 14.5 Å². The van der Waals surface area contributed by atoms with Crippen LogP contribution in [-0.4, -0.2) is 43.7 Å². The maximum Gasteiger partial charge on any atom is 0.287 e. The summed E-state index contributed by atoms with van der Waals surface area (Å²) >= 11 is 1.72. The highest BCUT2D eigenvalue weighted by molar-refractivity contribution is 7.10. The summed E-state index contributed by atoms with van der Waals surface area (Å²) in [4.78, 5) is 16.2. The maximum atomic E-state index is 12.5. The van der Waals surface area contributed by atoms with Gasteiger partial charge in [0.2, 0.25) is 0 Å². The van der Waals surface area contributed by atoms with E-state index >= 15 is 0 Å². The van der Waals surface area contributed by atoms with Crippen LogP contribution in [0, 0.1) is 0 Å². The average Bonchev–Trinajstić information content (AvgIpc) is 3.32. The van der Waals surface area contributed by atoms with Crippen LogP contribution in [0.3, 0.4) is 0 Å². The number of benzene rings is 1. The second-order valence-electron chi connectivity index (χ2n) is 6.04. The lowest BCUT2D eigenvalue weighted by molar-refractivity contribution is 0.0169. The molecule has 1 atom stereocenters. The minimum Gasteiger partial charge on any atom is -0.451 e. The highest BCUT2D eigenvalue weighted by atomic mass is 32.1. The highest BCUT2D eigenvalue weighted by Crippen LogP contribution is 2.26. The summed E-state index contributed by atoms with van der Waals surface area (Å²) < 4.78 is 11.1. The van der Waals surface area contributed by atoms with Crippen LogP contribution in [0.5, 0.6) is 0 Å². The summed E-state index contributed by atoms with van der Waals surface area (Å²) in [5.74, 6) is 0.180. The van der Waals surface area contributed by atoms with Gasteiger partial charge in [0.15, 0.2) is 5.76 Å². The Kier molecular flexibility index (Phi) is 4.83. The second kappa shape index (κ2) is 7.39. The number of nitrogens with zero attached hydrogens (tertiary/aromatic N) is 1. The Hall–Kier alpha value is -2.15. The first kappa shape index (κ1) is 16.3. The summed E-state index contributed by atoms with van der Waals surface area (Å²) in [5.41, 5.74) is 0.732. The second-order valence-corrected chi connectivity index (χ2v) is 7.02. The quantitative estimate of drug-likeness (QED) is 0.762. The molecule has 130 valence electrons. The fourth-order valence-electron chi connectivity index (χ4n) is 3.15. The zero-order valence-corrected chi connectivity index (χ0v) is 14.6. The van der Waals surface area contributed by atoms with E-state index in [4.69, 9.17) is 9.15 Å². The lowest BCUT2D eigenvalue weighted by Gasteiger charge is -2.34. The molecule has 1 amide bonds. The molecule has 0 radical (unpaired) electrons. The Morgan fingerprint density at radius 2 is 2.04 bits per heavy atom. The fourth-order valence-corrected chi connectivity index (χ4v) is 4.01. The first-order chi connectivity index (χ1) is 12.3. The number of para-hydroxylation sites is 1. The number of furan rings is 1. The number of hydrogen-bond acceptors (Lipinski definition) is 5. The van der Waals surface area contributed by atoms with Crippen LogP contribution in [0.1, 0.15) is 21.5 Å². The van der Waals surface area contributed by atoms with Gasteiger partial charge in [-0.2, -0.15) is 0 Å². The number of thiophene rings is 1. The number of fused-ring (bicyclic) bond motifs is 1. The standard InChI is InChI=1S/C19H20N2O3S/c22-19(17-12-14-4-1-2-5-16(14)24-17)20-13-15(18-6-3-11-25-18)21-7-9-23-10-8-21/h1-6,11-12,15H,7-10,13H2,(H,20,22)/t15-/m0/s1. The summed E-state index contributed by atoms with van der Waals surface area (Å²) in [5, 5.41) is 6.05. The van der Waals surface area contributed by atoms with E-state index in [9.17, 15) is 4.79 Å². The molecule has 4 rings (SSSR count). The van der Waals surface area contributed by atoms with Gasteiger partial charge in [0.1, 0.15) is 5.58 Å². The SMILES string of the molecule is O=C(NC[C@@H](c1cccs1)N1CCOCC1)c1cc2ccccc2o1. The van der Waals surface area contributed by atoms with E-state index in [1.54, 1.807) is 17.4 Å². The fraction of sp³-hybridized carbons (Fsp3) is 0.316. The Bertz CT molecular complexity index is 804. The third kappa shape index (κ3) is 3.61. The van der Waals surface area contributed by atoms with Crippen molar-refractivity contribution in [3.05, 3.63) is 58.5 Å². The van der Waals surface area contributed by atoms with Crippen molar-refractivity contribution in [2.75, 3.05) is 32.8 Å². The average molecular weight is 356 g/mol. The first-order valence-corrected chi connectivity index (χ1v) is 9.31. The van der Waals surface area contributed by atoms with Crippen LogP contribution < -0.4 is 5.32 Å². The number of carbonyl (C=O) groups is 1. The van der Waals surface area contributed by atoms with Crippen molar-refractivity contribution in [3.63, 3.8) is 0 Å².